The van der Waals surface area contributed by atoms with Crippen LogP contribution in [0.3, 0.4) is 0 Å². The van der Waals surface area contributed by atoms with Crippen LogP contribution in [0.4, 0.5) is 18.9 Å². The SMILES string of the molecule is O=C(Nc1cnn(Cc2ccccc2F)c1)c1ccc(OC(F)F)cc1. The van der Waals surface area contributed by atoms with E-state index < -0.39 is 12.5 Å². The van der Waals surface area contributed by atoms with Gasteiger partial charge in [0.05, 0.1) is 18.4 Å². The predicted octanol–water partition coefficient (Wildman–Crippen LogP) is 3.92. The molecule has 0 aliphatic rings. The van der Waals surface area contributed by atoms with E-state index in [2.05, 4.69) is 15.2 Å². The summed E-state index contributed by atoms with van der Waals surface area (Å²) < 4.78 is 43.6. The first-order chi connectivity index (χ1) is 12.5. The molecule has 1 heterocycles. The maximum absolute atomic E-state index is 13.7. The Hall–Kier alpha value is -3.29. The number of nitrogens with one attached hydrogen (secondary N) is 1. The molecule has 1 N–H and O–H groups in total. The molecular weight excluding hydrogens is 347 g/mol. The lowest BCUT2D eigenvalue weighted by Gasteiger charge is -2.06. The van der Waals surface area contributed by atoms with E-state index in [4.69, 9.17) is 0 Å². The van der Waals surface area contributed by atoms with Gasteiger partial charge in [0.2, 0.25) is 0 Å². The third kappa shape index (κ3) is 4.41. The fourth-order valence-electron chi connectivity index (χ4n) is 2.31. The topological polar surface area (TPSA) is 56.2 Å². The Bertz CT molecular complexity index is 895. The Morgan fingerprint density at radius 3 is 2.58 bits per heavy atom. The van der Waals surface area contributed by atoms with Gasteiger partial charge in [-0.3, -0.25) is 9.48 Å². The third-order valence-electron chi connectivity index (χ3n) is 3.52. The number of ether oxygens (including phenoxy) is 1. The minimum atomic E-state index is -2.92. The van der Waals surface area contributed by atoms with E-state index in [9.17, 15) is 18.0 Å². The fourth-order valence-corrected chi connectivity index (χ4v) is 2.31. The monoisotopic (exact) mass is 361 g/mol. The summed E-state index contributed by atoms with van der Waals surface area (Å²) in [5, 5.41) is 6.71. The lowest BCUT2D eigenvalue weighted by Crippen LogP contribution is -2.11. The van der Waals surface area contributed by atoms with Gasteiger partial charge in [0.1, 0.15) is 11.6 Å². The van der Waals surface area contributed by atoms with Gasteiger partial charge in [-0.15, -0.1) is 0 Å². The molecule has 0 fully saturated rings. The highest BCUT2D eigenvalue weighted by molar-refractivity contribution is 6.04. The molecule has 134 valence electrons. The molecule has 3 rings (SSSR count). The summed E-state index contributed by atoms with van der Waals surface area (Å²) in [6, 6.07) is 11.7. The van der Waals surface area contributed by atoms with Crippen molar-refractivity contribution in [3.63, 3.8) is 0 Å². The number of hydrogen-bond acceptors (Lipinski definition) is 3. The number of nitrogens with zero attached hydrogens (tertiary/aromatic N) is 2. The van der Waals surface area contributed by atoms with Gasteiger partial charge in [-0.1, -0.05) is 18.2 Å². The van der Waals surface area contributed by atoms with Gasteiger partial charge >= 0.3 is 6.61 Å². The highest BCUT2D eigenvalue weighted by Gasteiger charge is 2.10. The van der Waals surface area contributed by atoms with Crippen molar-refractivity contribution in [1.29, 1.82) is 0 Å². The molecule has 0 spiro atoms. The van der Waals surface area contributed by atoms with Crippen molar-refractivity contribution < 1.29 is 22.7 Å². The van der Waals surface area contributed by atoms with Crippen molar-refractivity contribution in [3.8, 4) is 5.75 Å². The van der Waals surface area contributed by atoms with E-state index in [1.807, 2.05) is 0 Å². The summed E-state index contributed by atoms with van der Waals surface area (Å²) in [6.07, 6.45) is 3.01. The molecule has 26 heavy (non-hydrogen) atoms. The third-order valence-corrected chi connectivity index (χ3v) is 3.52. The lowest BCUT2D eigenvalue weighted by atomic mass is 10.2. The zero-order chi connectivity index (χ0) is 18.5. The molecule has 0 radical (unpaired) electrons. The number of anilines is 1. The standard InChI is InChI=1S/C18H14F3N3O2/c19-16-4-2-1-3-13(16)10-24-11-14(9-22-24)23-17(25)12-5-7-15(8-6-12)26-18(20)21/h1-9,11,18H,10H2,(H,23,25). The molecule has 0 aliphatic carbocycles. The van der Waals surface area contributed by atoms with Gasteiger partial charge in [0.15, 0.2) is 0 Å². The second kappa shape index (κ2) is 7.73. The van der Waals surface area contributed by atoms with Crippen molar-refractivity contribution in [3.05, 3.63) is 77.9 Å². The Labute approximate surface area is 147 Å². The van der Waals surface area contributed by atoms with Crippen molar-refractivity contribution in [2.45, 2.75) is 13.2 Å². The van der Waals surface area contributed by atoms with Crippen LogP contribution in [0, 0.1) is 5.82 Å². The Morgan fingerprint density at radius 2 is 1.88 bits per heavy atom. The van der Waals surface area contributed by atoms with E-state index in [1.54, 1.807) is 24.4 Å². The smallest absolute Gasteiger partial charge is 0.387 e. The normalized spacial score (nSPS) is 10.8. The average molecular weight is 361 g/mol. The molecule has 0 unspecified atom stereocenters. The maximum atomic E-state index is 13.7. The van der Waals surface area contributed by atoms with Crippen molar-refractivity contribution in [2.75, 3.05) is 5.32 Å². The molecule has 0 bridgehead atoms. The van der Waals surface area contributed by atoms with E-state index in [1.165, 1.54) is 41.2 Å². The number of alkyl halides is 2. The van der Waals surface area contributed by atoms with Crippen LogP contribution in [0.25, 0.3) is 0 Å². The Kier molecular flexibility index (Phi) is 5.21. The second-order valence-corrected chi connectivity index (χ2v) is 5.38. The molecule has 0 saturated heterocycles. The first-order valence-electron chi connectivity index (χ1n) is 7.63. The Balaban J connectivity index is 1.63. The van der Waals surface area contributed by atoms with Crippen LogP contribution in [0.5, 0.6) is 5.75 Å². The number of benzene rings is 2. The van der Waals surface area contributed by atoms with Crippen molar-refractivity contribution >= 4 is 11.6 Å². The predicted molar refractivity (Wildman–Crippen MR) is 88.8 cm³/mol. The number of amides is 1. The molecule has 8 heteroatoms. The molecular formula is C18H14F3N3O2. The van der Waals surface area contributed by atoms with Crippen molar-refractivity contribution in [2.24, 2.45) is 0 Å². The number of hydrogen-bond donors (Lipinski definition) is 1. The lowest BCUT2D eigenvalue weighted by molar-refractivity contribution is -0.0498. The van der Waals surface area contributed by atoms with Crippen LogP contribution in [-0.2, 0) is 6.54 Å². The minimum absolute atomic E-state index is 0.0331. The van der Waals surface area contributed by atoms with Crippen LogP contribution < -0.4 is 10.1 Å². The van der Waals surface area contributed by atoms with E-state index >= 15 is 0 Å². The van der Waals surface area contributed by atoms with Gasteiger partial charge < -0.3 is 10.1 Å². The second-order valence-electron chi connectivity index (χ2n) is 5.38. The number of carbonyl (C=O) groups is 1. The van der Waals surface area contributed by atoms with Crippen LogP contribution in [0.1, 0.15) is 15.9 Å². The van der Waals surface area contributed by atoms with Crippen LogP contribution in [0.15, 0.2) is 60.9 Å². The zero-order valence-electron chi connectivity index (χ0n) is 13.4. The van der Waals surface area contributed by atoms with E-state index in [-0.39, 0.29) is 23.7 Å². The molecule has 0 atom stereocenters. The zero-order valence-corrected chi connectivity index (χ0v) is 13.4. The van der Waals surface area contributed by atoms with Crippen LogP contribution in [-0.4, -0.2) is 22.3 Å². The van der Waals surface area contributed by atoms with Crippen molar-refractivity contribution in [1.82, 2.24) is 9.78 Å². The molecule has 0 aliphatic heterocycles. The summed E-state index contributed by atoms with van der Waals surface area (Å²) in [5.41, 5.74) is 1.18. The first-order valence-corrected chi connectivity index (χ1v) is 7.63. The molecule has 0 saturated carbocycles. The van der Waals surface area contributed by atoms with Gasteiger partial charge in [-0.05, 0) is 30.3 Å². The van der Waals surface area contributed by atoms with Gasteiger partial charge in [0, 0.05) is 17.3 Å². The maximum Gasteiger partial charge on any atom is 0.387 e. The number of carbonyl (C=O) groups excluding carboxylic acids is 1. The summed E-state index contributed by atoms with van der Waals surface area (Å²) in [5.74, 6) is -0.798. The van der Waals surface area contributed by atoms with Gasteiger partial charge in [-0.25, -0.2) is 4.39 Å². The molecule has 1 aromatic heterocycles. The minimum Gasteiger partial charge on any atom is -0.435 e. The summed E-state index contributed by atoms with van der Waals surface area (Å²) in [4.78, 5) is 12.2. The van der Waals surface area contributed by atoms with E-state index in [0.29, 0.717) is 11.3 Å². The average Bonchev–Trinajstić information content (AvgIpc) is 3.04. The molecule has 1 amide bonds. The highest BCUT2D eigenvalue weighted by atomic mass is 19.3. The quantitative estimate of drug-likeness (QED) is 0.724. The molecule has 2 aromatic carbocycles. The largest absolute Gasteiger partial charge is 0.435 e. The summed E-state index contributed by atoms with van der Waals surface area (Å²) >= 11 is 0. The fraction of sp³-hybridized carbons (Fsp3) is 0.111. The number of halogens is 3. The molecule has 3 aromatic rings. The number of rotatable bonds is 6. The van der Waals surface area contributed by atoms with Gasteiger partial charge in [-0.2, -0.15) is 13.9 Å². The van der Waals surface area contributed by atoms with Gasteiger partial charge in [0.25, 0.3) is 5.91 Å². The number of aromatic nitrogens is 2. The van der Waals surface area contributed by atoms with E-state index in [0.717, 1.165) is 0 Å². The molecule has 5 nitrogen and oxygen atoms in total. The van der Waals surface area contributed by atoms with Crippen LogP contribution in [0.2, 0.25) is 0 Å². The summed E-state index contributed by atoms with van der Waals surface area (Å²) in [6.45, 7) is -2.70. The Morgan fingerprint density at radius 1 is 1.15 bits per heavy atom. The highest BCUT2D eigenvalue weighted by Crippen LogP contribution is 2.16. The van der Waals surface area contributed by atoms with Crippen LogP contribution >= 0.6 is 0 Å². The first kappa shape index (κ1) is 17.5. The summed E-state index contributed by atoms with van der Waals surface area (Å²) in [7, 11) is 0.